The van der Waals surface area contributed by atoms with Gasteiger partial charge in [0.2, 0.25) is 5.88 Å². The van der Waals surface area contributed by atoms with Crippen LogP contribution in [0.2, 0.25) is 0 Å². The number of aromatic nitrogens is 3. The van der Waals surface area contributed by atoms with Crippen LogP contribution in [-0.2, 0) is 0 Å². The molecule has 0 saturated heterocycles. The van der Waals surface area contributed by atoms with Crippen LogP contribution >= 0.6 is 0 Å². The van der Waals surface area contributed by atoms with Gasteiger partial charge in [-0.05, 0) is 12.1 Å². The van der Waals surface area contributed by atoms with Crippen molar-refractivity contribution in [3.8, 4) is 5.88 Å². The summed E-state index contributed by atoms with van der Waals surface area (Å²) in [7, 11) is 0. The molecule has 0 aliphatic carbocycles. The third-order valence-electron chi connectivity index (χ3n) is 1.61. The van der Waals surface area contributed by atoms with Gasteiger partial charge in [-0.25, -0.2) is 14.8 Å². The van der Waals surface area contributed by atoms with E-state index in [2.05, 4.69) is 15.0 Å². The largest absolute Gasteiger partial charge is 0.401 e. The fourth-order valence-corrected chi connectivity index (χ4v) is 0.969. The maximum Gasteiger partial charge on any atom is 0.363 e. The van der Waals surface area contributed by atoms with Crippen molar-refractivity contribution >= 4 is 5.97 Å². The van der Waals surface area contributed by atoms with Gasteiger partial charge in [0.05, 0.1) is 6.20 Å². The topological polar surface area (TPSA) is 65.0 Å². The summed E-state index contributed by atoms with van der Waals surface area (Å²) in [6.07, 6.45) is 5.83. The molecule has 0 aliphatic rings. The van der Waals surface area contributed by atoms with Gasteiger partial charge in [0.1, 0.15) is 5.69 Å². The first-order valence-corrected chi connectivity index (χ1v) is 4.25. The van der Waals surface area contributed by atoms with E-state index in [1.165, 1.54) is 24.8 Å². The average Bonchev–Trinajstić information content (AvgIpc) is 2.31. The Morgan fingerprint density at radius 1 is 1.13 bits per heavy atom. The first-order valence-electron chi connectivity index (χ1n) is 4.25. The van der Waals surface area contributed by atoms with E-state index < -0.39 is 5.97 Å². The normalized spacial score (nSPS) is 9.60. The average molecular weight is 201 g/mol. The number of pyridine rings is 1. The van der Waals surface area contributed by atoms with Crippen LogP contribution < -0.4 is 4.74 Å². The Morgan fingerprint density at radius 2 is 2.07 bits per heavy atom. The Bertz CT molecular complexity index is 445. The van der Waals surface area contributed by atoms with Crippen molar-refractivity contribution in [3.63, 3.8) is 0 Å². The number of ether oxygens (including phenoxy) is 1. The lowest BCUT2D eigenvalue weighted by atomic mass is 10.4. The van der Waals surface area contributed by atoms with Gasteiger partial charge < -0.3 is 4.74 Å². The van der Waals surface area contributed by atoms with E-state index >= 15 is 0 Å². The van der Waals surface area contributed by atoms with Gasteiger partial charge in [-0.1, -0.05) is 6.07 Å². The third kappa shape index (κ3) is 2.34. The standard InChI is InChI=1S/C10H7N3O2/c14-10(8-3-1-2-4-12-8)15-9-7-11-5-6-13-9/h1-7H. The highest BCUT2D eigenvalue weighted by Gasteiger charge is 2.09. The van der Waals surface area contributed by atoms with E-state index in [-0.39, 0.29) is 11.6 Å². The summed E-state index contributed by atoms with van der Waals surface area (Å²) in [5.74, 6) is -0.385. The second-order valence-corrected chi connectivity index (χ2v) is 2.65. The lowest BCUT2D eigenvalue weighted by molar-refractivity contribution is 0.0720. The quantitative estimate of drug-likeness (QED) is 0.680. The van der Waals surface area contributed by atoms with Crippen LogP contribution in [0.3, 0.4) is 0 Å². The predicted molar refractivity (Wildman–Crippen MR) is 51.2 cm³/mol. The molecule has 0 aromatic carbocycles. The molecule has 0 amide bonds. The highest BCUT2D eigenvalue weighted by Crippen LogP contribution is 2.04. The number of rotatable bonds is 2. The Morgan fingerprint density at radius 3 is 2.73 bits per heavy atom. The highest BCUT2D eigenvalue weighted by atomic mass is 16.5. The molecule has 0 spiro atoms. The van der Waals surface area contributed by atoms with Crippen LogP contribution in [0.5, 0.6) is 5.88 Å². The lowest BCUT2D eigenvalue weighted by Gasteiger charge is -2.00. The molecular formula is C10H7N3O2. The van der Waals surface area contributed by atoms with Crippen LogP contribution in [0.4, 0.5) is 0 Å². The van der Waals surface area contributed by atoms with Crippen LogP contribution in [0.25, 0.3) is 0 Å². The first kappa shape index (κ1) is 9.26. The fraction of sp³-hybridized carbons (Fsp3) is 0. The Balaban J connectivity index is 2.12. The van der Waals surface area contributed by atoms with Gasteiger partial charge in [0.15, 0.2) is 0 Å². The molecule has 5 heteroatoms. The predicted octanol–water partition coefficient (Wildman–Crippen LogP) is 1.09. The van der Waals surface area contributed by atoms with E-state index in [1.54, 1.807) is 18.2 Å². The second kappa shape index (κ2) is 4.28. The van der Waals surface area contributed by atoms with Crippen molar-refractivity contribution < 1.29 is 9.53 Å². The van der Waals surface area contributed by atoms with Gasteiger partial charge >= 0.3 is 5.97 Å². The molecule has 0 fully saturated rings. The van der Waals surface area contributed by atoms with Crippen molar-refractivity contribution in [1.29, 1.82) is 0 Å². The zero-order chi connectivity index (χ0) is 10.5. The molecule has 2 heterocycles. The van der Waals surface area contributed by atoms with E-state index in [0.717, 1.165) is 0 Å². The summed E-state index contributed by atoms with van der Waals surface area (Å²) >= 11 is 0. The molecule has 2 aromatic rings. The van der Waals surface area contributed by atoms with E-state index in [0.29, 0.717) is 0 Å². The lowest BCUT2D eigenvalue weighted by Crippen LogP contribution is -2.10. The van der Waals surface area contributed by atoms with Crippen LogP contribution in [0.1, 0.15) is 10.5 Å². The van der Waals surface area contributed by atoms with E-state index in [9.17, 15) is 4.79 Å². The molecule has 15 heavy (non-hydrogen) atoms. The Kier molecular flexibility index (Phi) is 2.64. The highest BCUT2D eigenvalue weighted by molar-refractivity contribution is 5.88. The number of carbonyl (C=O) groups is 1. The molecule has 5 nitrogen and oxygen atoms in total. The van der Waals surface area contributed by atoms with Crippen molar-refractivity contribution in [2.75, 3.05) is 0 Å². The van der Waals surface area contributed by atoms with Crippen LogP contribution in [-0.4, -0.2) is 20.9 Å². The minimum atomic E-state index is -0.545. The van der Waals surface area contributed by atoms with Gasteiger partial charge in [-0.15, -0.1) is 0 Å². The number of hydrogen-bond acceptors (Lipinski definition) is 5. The molecule has 0 atom stereocenters. The van der Waals surface area contributed by atoms with Gasteiger partial charge in [-0.3, -0.25) is 4.98 Å². The number of hydrogen-bond donors (Lipinski definition) is 0. The second-order valence-electron chi connectivity index (χ2n) is 2.65. The zero-order valence-electron chi connectivity index (χ0n) is 7.70. The maximum absolute atomic E-state index is 11.5. The molecule has 0 saturated carbocycles. The summed E-state index contributed by atoms with van der Waals surface area (Å²) in [4.78, 5) is 22.9. The molecular weight excluding hydrogens is 194 g/mol. The van der Waals surface area contributed by atoms with Crippen molar-refractivity contribution in [1.82, 2.24) is 15.0 Å². The van der Waals surface area contributed by atoms with Crippen LogP contribution in [0.15, 0.2) is 43.0 Å². The molecule has 0 N–H and O–H groups in total. The van der Waals surface area contributed by atoms with Gasteiger partial charge in [0.25, 0.3) is 0 Å². The van der Waals surface area contributed by atoms with Gasteiger partial charge in [0, 0.05) is 18.6 Å². The van der Waals surface area contributed by atoms with Crippen molar-refractivity contribution in [2.24, 2.45) is 0 Å². The number of nitrogens with zero attached hydrogens (tertiary/aromatic N) is 3. The summed E-state index contributed by atoms with van der Waals surface area (Å²) in [6.45, 7) is 0. The molecule has 74 valence electrons. The molecule has 2 aromatic heterocycles. The summed E-state index contributed by atoms with van der Waals surface area (Å²) in [5, 5.41) is 0. The first-order chi connectivity index (χ1) is 7.36. The molecule has 0 aliphatic heterocycles. The summed E-state index contributed by atoms with van der Waals surface area (Å²) in [5.41, 5.74) is 0.239. The molecule has 2 rings (SSSR count). The monoisotopic (exact) mass is 201 g/mol. The fourth-order valence-electron chi connectivity index (χ4n) is 0.969. The maximum atomic E-state index is 11.5. The van der Waals surface area contributed by atoms with Crippen molar-refractivity contribution in [2.45, 2.75) is 0 Å². The third-order valence-corrected chi connectivity index (χ3v) is 1.61. The Labute approximate surface area is 85.8 Å². The number of carbonyl (C=O) groups excluding carboxylic acids is 1. The molecule has 0 bridgehead atoms. The van der Waals surface area contributed by atoms with Crippen molar-refractivity contribution in [3.05, 3.63) is 48.7 Å². The SMILES string of the molecule is O=C(Oc1cnccn1)c1ccccn1. The van der Waals surface area contributed by atoms with Crippen LogP contribution in [0, 0.1) is 0 Å². The summed E-state index contributed by atoms with van der Waals surface area (Å²) in [6, 6.07) is 5.00. The Hall–Kier alpha value is -2.30. The van der Waals surface area contributed by atoms with E-state index in [1.807, 2.05) is 0 Å². The molecule has 0 radical (unpaired) electrons. The minimum Gasteiger partial charge on any atom is -0.401 e. The number of esters is 1. The van der Waals surface area contributed by atoms with E-state index in [4.69, 9.17) is 4.74 Å². The zero-order valence-corrected chi connectivity index (χ0v) is 7.70. The molecule has 0 unspecified atom stereocenters. The summed E-state index contributed by atoms with van der Waals surface area (Å²) < 4.78 is 4.93. The van der Waals surface area contributed by atoms with Gasteiger partial charge in [-0.2, -0.15) is 0 Å². The minimum absolute atomic E-state index is 0.160. The smallest absolute Gasteiger partial charge is 0.363 e.